The molecule has 1 rings (SSSR count). The van der Waals surface area contributed by atoms with Gasteiger partial charge >= 0.3 is 5.97 Å². The fourth-order valence-electron chi connectivity index (χ4n) is 1.17. The van der Waals surface area contributed by atoms with Crippen LogP contribution in [0.25, 0.3) is 0 Å². The number of carbonyl (C=O) groups excluding carboxylic acids is 1. The van der Waals surface area contributed by atoms with Crippen LogP contribution in [-0.2, 0) is 9.47 Å². The predicted molar refractivity (Wildman–Crippen MR) is 62.8 cm³/mol. The molecule has 3 nitrogen and oxygen atoms in total. The number of benzene rings is 1. The Morgan fingerprint density at radius 3 is 2.82 bits per heavy atom. The Labute approximate surface area is 104 Å². The van der Waals surface area contributed by atoms with Gasteiger partial charge in [-0.2, -0.15) is 0 Å². The molecule has 0 aliphatic heterocycles. The molecule has 0 aliphatic rings. The van der Waals surface area contributed by atoms with Crippen molar-refractivity contribution in [1.29, 1.82) is 0 Å². The van der Waals surface area contributed by atoms with Crippen LogP contribution in [0.3, 0.4) is 0 Å². The molecule has 0 spiro atoms. The van der Waals surface area contributed by atoms with Crippen molar-refractivity contribution < 1.29 is 18.7 Å². The van der Waals surface area contributed by atoms with Gasteiger partial charge in [0.05, 0.1) is 12.2 Å². The minimum Gasteiger partial charge on any atom is -0.460 e. The van der Waals surface area contributed by atoms with E-state index in [-0.39, 0.29) is 12.2 Å². The Morgan fingerprint density at radius 2 is 2.12 bits per heavy atom. The summed E-state index contributed by atoms with van der Waals surface area (Å²) in [5, 5.41) is 0.292. The summed E-state index contributed by atoms with van der Waals surface area (Å²) >= 11 is 5.66. The lowest BCUT2D eigenvalue weighted by molar-refractivity contribution is 0.0314. The normalized spacial score (nSPS) is 10.3. The molecule has 0 saturated carbocycles. The molecule has 0 fully saturated rings. The summed E-state index contributed by atoms with van der Waals surface area (Å²) in [6.45, 7) is 3.00. The Hall–Kier alpha value is -1.13. The molecule has 0 aliphatic carbocycles. The van der Waals surface area contributed by atoms with Crippen molar-refractivity contribution in [2.75, 3.05) is 19.8 Å². The molecule has 0 saturated heterocycles. The maximum Gasteiger partial charge on any atom is 0.341 e. The van der Waals surface area contributed by atoms with Gasteiger partial charge in [0.15, 0.2) is 0 Å². The number of hydrogen-bond acceptors (Lipinski definition) is 3. The van der Waals surface area contributed by atoms with E-state index in [0.29, 0.717) is 18.2 Å². The highest BCUT2D eigenvalue weighted by Crippen LogP contribution is 2.15. The highest BCUT2D eigenvalue weighted by Gasteiger charge is 2.13. The van der Waals surface area contributed by atoms with Gasteiger partial charge in [0.2, 0.25) is 0 Å². The number of halogens is 2. The van der Waals surface area contributed by atoms with Gasteiger partial charge in [0.1, 0.15) is 12.4 Å². The smallest absolute Gasteiger partial charge is 0.341 e. The zero-order valence-electron chi connectivity index (χ0n) is 9.54. The summed E-state index contributed by atoms with van der Waals surface area (Å²) in [7, 11) is 0. The van der Waals surface area contributed by atoms with E-state index < -0.39 is 11.8 Å². The molecule has 5 heteroatoms. The van der Waals surface area contributed by atoms with E-state index in [1.807, 2.05) is 6.92 Å². The number of rotatable bonds is 6. The molecular formula is C12H14ClFO3. The topological polar surface area (TPSA) is 35.5 Å². The van der Waals surface area contributed by atoms with Crippen molar-refractivity contribution >= 4 is 17.6 Å². The van der Waals surface area contributed by atoms with Crippen LogP contribution in [0.1, 0.15) is 23.7 Å². The van der Waals surface area contributed by atoms with Crippen molar-refractivity contribution in [3.8, 4) is 0 Å². The van der Waals surface area contributed by atoms with Crippen molar-refractivity contribution in [1.82, 2.24) is 0 Å². The summed E-state index contributed by atoms with van der Waals surface area (Å²) in [4.78, 5) is 11.5. The molecule has 0 N–H and O–H groups in total. The van der Waals surface area contributed by atoms with Crippen LogP contribution in [0.2, 0.25) is 5.02 Å². The molecule has 1 aromatic carbocycles. The average Bonchev–Trinajstić information content (AvgIpc) is 2.32. The Balaban J connectivity index is 2.44. The van der Waals surface area contributed by atoms with Crippen LogP contribution in [0, 0.1) is 5.82 Å². The van der Waals surface area contributed by atoms with Crippen molar-refractivity contribution in [2.45, 2.75) is 13.3 Å². The molecule has 0 aromatic heterocycles. The highest BCUT2D eigenvalue weighted by atomic mass is 35.5. The van der Waals surface area contributed by atoms with Crippen LogP contribution < -0.4 is 0 Å². The first-order chi connectivity index (χ1) is 8.15. The van der Waals surface area contributed by atoms with E-state index in [9.17, 15) is 9.18 Å². The van der Waals surface area contributed by atoms with Crippen molar-refractivity contribution in [3.05, 3.63) is 34.6 Å². The van der Waals surface area contributed by atoms with Crippen LogP contribution in [0.5, 0.6) is 0 Å². The van der Waals surface area contributed by atoms with Gasteiger partial charge in [0, 0.05) is 11.6 Å². The second-order valence-electron chi connectivity index (χ2n) is 3.37. The van der Waals surface area contributed by atoms with E-state index in [1.165, 1.54) is 12.1 Å². The minimum atomic E-state index is -0.731. The van der Waals surface area contributed by atoms with E-state index >= 15 is 0 Å². The lowest BCUT2D eigenvalue weighted by Crippen LogP contribution is -2.12. The molecule has 0 heterocycles. The monoisotopic (exact) mass is 260 g/mol. The molecule has 0 bridgehead atoms. The molecule has 0 amide bonds. The summed E-state index contributed by atoms with van der Waals surface area (Å²) in [6.07, 6.45) is 0.900. The Morgan fingerprint density at radius 1 is 1.35 bits per heavy atom. The van der Waals surface area contributed by atoms with E-state index in [2.05, 4.69) is 0 Å². The molecule has 0 atom stereocenters. The summed E-state index contributed by atoms with van der Waals surface area (Å²) in [5.41, 5.74) is -0.159. The number of carbonyl (C=O) groups is 1. The second kappa shape index (κ2) is 7.25. The Kier molecular flexibility index (Phi) is 5.94. The first kappa shape index (κ1) is 13.9. The molecule has 0 radical (unpaired) electrons. The van der Waals surface area contributed by atoms with Gasteiger partial charge in [-0.1, -0.05) is 18.5 Å². The Bertz CT molecular complexity index is 382. The van der Waals surface area contributed by atoms with Crippen LogP contribution >= 0.6 is 11.6 Å². The lowest BCUT2D eigenvalue weighted by atomic mass is 10.2. The molecule has 17 heavy (non-hydrogen) atoms. The first-order valence-corrected chi connectivity index (χ1v) is 5.73. The van der Waals surface area contributed by atoms with Crippen molar-refractivity contribution in [2.24, 2.45) is 0 Å². The highest BCUT2D eigenvalue weighted by molar-refractivity contribution is 6.30. The van der Waals surface area contributed by atoms with Gasteiger partial charge in [-0.05, 0) is 24.6 Å². The number of hydrogen-bond donors (Lipinski definition) is 0. The van der Waals surface area contributed by atoms with E-state index in [1.54, 1.807) is 0 Å². The van der Waals surface area contributed by atoms with Gasteiger partial charge < -0.3 is 9.47 Å². The summed E-state index contributed by atoms with van der Waals surface area (Å²) in [6, 6.07) is 3.75. The maximum absolute atomic E-state index is 13.3. The lowest BCUT2D eigenvalue weighted by Gasteiger charge is -2.06. The van der Waals surface area contributed by atoms with Gasteiger partial charge in [-0.3, -0.25) is 0 Å². The summed E-state index contributed by atoms with van der Waals surface area (Å²) < 4.78 is 23.2. The van der Waals surface area contributed by atoms with Crippen molar-refractivity contribution in [3.63, 3.8) is 0 Å². The predicted octanol–water partition coefficient (Wildman–Crippen LogP) is 3.06. The molecular weight excluding hydrogens is 247 g/mol. The third-order valence-electron chi connectivity index (χ3n) is 1.96. The van der Waals surface area contributed by atoms with Gasteiger partial charge in [-0.25, -0.2) is 9.18 Å². The van der Waals surface area contributed by atoms with Gasteiger partial charge in [0.25, 0.3) is 0 Å². The average molecular weight is 261 g/mol. The van der Waals surface area contributed by atoms with E-state index in [0.717, 1.165) is 12.5 Å². The SMILES string of the molecule is CCCOCCOC(=O)c1cc(Cl)ccc1F. The van der Waals surface area contributed by atoms with Crippen LogP contribution in [-0.4, -0.2) is 25.8 Å². The fourth-order valence-corrected chi connectivity index (χ4v) is 1.34. The zero-order chi connectivity index (χ0) is 12.7. The molecule has 0 unspecified atom stereocenters. The fraction of sp³-hybridized carbons (Fsp3) is 0.417. The van der Waals surface area contributed by atoms with Gasteiger partial charge in [-0.15, -0.1) is 0 Å². The molecule has 94 valence electrons. The minimum absolute atomic E-state index is 0.102. The maximum atomic E-state index is 13.3. The first-order valence-electron chi connectivity index (χ1n) is 5.35. The van der Waals surface area contributed by atoms with Crippen LogP contribution in [0.4, 0.5) is 4.39 Å². The largest absolute Gasteiger partial charge is 0.460 e. The quantitative estimate of drug-likeness (QED) is 0.582. The van der Waals surface area contributed by atoms with E-state index in [4.69, 9.17) is 21.1 Å². The third-order valence-corrected chi connectivity index (χ3v) is 2.19. The number of ether oxygens (including phenoxy) is 2. The molecule has 1 aromatic rings. The van der Waals surface area contributed by atoms with Crippen LogP contribution in [0.15, 0.2) is 18.2 Å². The number of esters is 1. The third kappa shape index (κ3) is 4.71. The summed E-state index contributed by atoms with van der Waals surface area (Å²) in [5.74, 6) is -1.38. The zero-order valence-corrected chi connectivity index (χ0v) is 10.3. The standard InChI is InChI=1S/C12H14ClFO3/c1-2-5-16-6-7-17-12(15)10-8-9(13)3-4-11(10)14/h3-4,8H,2,5-7H2,1H3. The second-order valence-corrected chi connectivity index (χ2v) is 3.81.